The van der Waals surface area contributed by atoms with Gasteiger partial charge in [0.05, 0.1) is 22.7 Å². The second kappa shape index (κ2) is 12.1. The number of benzene rings is 3. The molecule has 0 bridgehead atoms. The van der Waals surface area contributed by atoms with E-state index in [1.54, 1.807) is 53.4 Å². The number of halogens is 1. The molecule has 184 valence electrons. The summed E-state index contributed by atoms with van der Waals surface area (Å²) in [6.07, 6.45) is 2.50. The smallest absolute Gasteiger partial charge is 0.266 e. The Morgan fingerprint density at radius 2 is 1.83 bits per heavy atom. The summed E-state index contributed by atoms with van der Waals surface area (Å²) in [6.45, 7) is 0.305. The van der Waals surface area contributed by atoms with Crippen molar-refractivity contribution >= 4 is 63.5 Å². The number of methoxy groups -OCH3 is 1. The minimum absolute atomic E-state index is 0.114. The standard InChI is InChI=1S/C27H23ClN2O4S2/c1-33-23-15-19(11-12-22(23)34-17-25(31)29-21-10-6-5-9-20(21)28)16-24-26(32)30(27(35)36-24)14-13-18-7-3-2-4-8-18/h2-12,15-16H,13-14,17H2,1H3,(H,29,31)/b24-16-. The van der Waals surface area contributed by atoms with Gasteiger partial charge in [0.25, 0.3) is 11.8 Å². The number of nitrogens with zero attached hydrogens (tertiary/aromatic N) is 1. The van der Waals surface area contributed by atoms with Crippen molar-refractivity contribution in [2.24, 2.45) is 0 Å². The van der Waals surface area contributed by atoms with Gasteiger partial charge >= 0.3 is 0 Å². The van der Waals surface area contributed by atoms with Crippen molar-refractivity contribution < 1.29 is 19.1 Å². The number of para-hydroxylation sites is 1. The summed E-state index contributed by atoms with van der Waals surface area (Å²) in [5.41, 5.74) is 2.41. The highest BCUT2D eigenvalue weighted by molar-refractivity contribution is 8.26. The van der Waals surface area contributed by atoms with Crippen molar-refractivity contribution in [1.29, 1.82) is 0 Å². The topological polar surface area (TPSA) is 67.9 Å². The molecular weight excluding hydrogens is 516 g/mol. The van der Waals surface area contributed by atoms with Crippen LogP contribution < -0.4 is 14.8 Å². The molecule has 3 aromatic rings. The van der Waals surface area contributed by atoms with Gasteiger partial charge in [-0.3, -0.25) is 14.5 Å². The molecule has 0 atom stereocenters. The summed E-state index contributed by atoms with van der Waals surface area (Å²) >= 11 is 12.8. The van der Waals surface area contributed by atoms with Gasteiger partial charge < -0.3 is 14.8 Å². The molecule has 0 radical (unpaired) electrons. The average Bonchev–Trinajstić information content (AvgIpc) is 3.15. The largest absolute Gasteiger partial charge is 0.493 e. The van der Waals surface area contributed by atoms with Crippen molar-refractivity contribution in [1.82, 2.24) is 4.90 Å². The lowest BCUT2D eigenvalue weighted by Crippen LogP contribution is -2.30. The van der Waals surface area contributed by atoms with E-state index in [-0.39, 0.29) is 18.4 Å². The maximum atomic E-state index is 13.0. The number of thioether (sulfide) groups is 1. The third-order valence-corrected chi connectivity index (χ3v) is 7.04. The Bertz CT molecular complexity index is 1310. The Labute approximate surface area is 224 Å². The maximum Gasteiger partial charge on any atom is 0.266 e. The molecule has 1 heterocycles. The molecule has 0 saturated carbocycles. The second-order valence-corrected chi connectivity index (χ2v) is 9.88. The summed E-state index contributed by atoms with van der Waals surface area (Å²) in [6, 6.07) is 22.2. The van der Waals surface area contributed by atoms with Crippen molar-refractivity contribution in [2.75, 3.05) is 25.6 Å². The van der Waals surface area contributed by atoms with Crippen LogP contribution in [0.25, 0.3) is 6.08 Å². The number of hydrogen-bond donors (Lipinski definition) is 1. The zero-order valence-corrected chi connectivity index (χ0v) is 21.8. The Balaban J connectivity index is 1.39. The summed E-state index contributed by atoms with van der Waals surface area (Å²) in [7, 11) is 1.51. The van der Waals surface area contributed by atoms with Gasteiger partial charge in [0.15, 0.2) is 18.1 Å². The van der Waals surface area contributed by atoms with Gasteiger partial charge in [0.2, 0.25) is 0 Å². The fourth-order valence-electron chi connectivity index (χ4n) is 3.52. The number of thiocarbonyl (C=S) groups is 1. The van der Waals surface area contributed by atoms with Crippen LogP contribution in [0.3, 0.4) is 0 Å². The number of rotatable bonds is 9. The molecule has 1 N–H and O–H groups in total. The van der Waals surface area contributed by atoms with Gasteiger partial charge in [-0.2, -0.15) is 0 Å². The van der Waals surface area contributed by atoms with E-state index in [4.69, 9.17) is 33.3 Å². The Hall–Kier alpha value is -3.33. The van der Waals surface area contributed by atoms with Crippen molar-refractivity contribution in [3.8, 4) is 11.5 Å². The summed E-state index contributed by atoms with van der Waals surface area (Å²) in [5, 5.41) is 3.15. The van der Waals surface area contributed by atoms with E-state index < -0.39 is 0 Å². The zero-order chi connectivity index (χ0) is 25.5. The molecule has 6 nitrogen and oxygen atoms in total. The maximum absolute atomic E-state index is 13.0. The molecule has 0 spiro atoms. The molecule has 1 fully saturated rings. The van der Waals surface area contributed by atoms with E-state index >= 15 is 0 Å². The first-order chi connectivity index (χ1) is 17.4. The first kappa shape index (κ1) is 25.8. The Morgan fingerprint density at radius 1 is 1.08 bits per heavy atom. The monoisotopic (exact) mass is 538 g/mol. The van der Waals surface area contributed by atoms with Crippen LogP contribution in [0.1, 0.15) is 11.1 Å². The molecule has 0 aliphatic carbocycles. The lowest BCUT2D eigenvalue weighted by Gasteiger charge is -2.14. The second-order valence-electron chi connectivity index (χ2n) is 7.80. The molecule has 1 saturated heterocycles. The van der Waals surface area contributed by atoms with E-state index in [0.29, 0.717) is 38.0 Å². The molecule has 4 rings (SSSR count). The molecular formula is C27H23ClN2O4S2. The number of anilines is 1. The van der Waals surface area contributed by atoms with Crippen LogP contribution in [-0.2, 0) is 16.0 Å². The Morgan fingerprint density at radius 3 is 2.58 bits per heavy atom. The fourth-order valence-corrected chi connectivity index (χ4v) is 5.01. The van der Waals surface area contributed by atoms with E-state index in [0.717, 1.165) is 17.5 Å². The SMILES string of the molecule is COc1cc(/C=C2\SC(=S)N(CCc3ccccc3)C2=O)ccc1OCC(=O)Nc1ccccc1Cl. The van der Waals surface area contributed by atoms with Gasteiger partial charge in [-0.1, -0.05) is 84.1 Å². The molecule has 0 aromatic heterocycles. The lowest BCUT2D eigenvalue weighted by atomic mass is 10.1. The molecule has 9 heteroatoms. The first-order valence-electron chi connectivity index (χ1n) is 11.1. The van der Waals surface area contributed by atoms with Crippen LogP contribution in [0.15, 0.2) is 77.7 Å². The molecule has 2 amide bonds. The predicted octanol–water partition coefficient (Wildman–Crippen LogP) is 5.81. The Kier molecular flexibility index (Phi) is 8.64. The fraction of sp³-hybridized carbons (Fsp3) is 0.148. The van der Waals surface area contributed by atoms with E-state index in [2.05, 4.69) is 5.32 Å². The normalized spacial score (nSPS) is 14.3. The molecule has 0 unspecified atom stereocenters. The molecule has 1 aliphatic heterocycles. The number of ether oxygens (including phenoxy) is 2. The van der Waals surface area contributed by atoms with Crippen LogP contribution in [0, 0.1) is 0 Å². The third-order valence-electron chi connectivity index (χ3n) is 5.33. The minimum Gasteiger partial charge on any atom is -0.493 e. The van der Waals surface area contributed by atoms with E-state index in [9.17, 15) is 9.59 Å². The highest BCUT2D eigenvalue weighted by Crippen LogP contribution is 2.35. The highest BCUT2D eigenvalue weighted by atomic mass is 35.5. The molecule has 3 aromatic carbocycles. The van der Waals surface area contributed by atoms with Crippen molar-refractivity contribution in [2.45, 2.75) is 6.42 Å². The quantitative estimate of drug-likeness (QED) is 0.274. The van der Waals surface area contributed by atoms with Gasteiger partial charge in [-0.05, 0) is 47.9 Å². The number of carbonyl (C=O) groups is 2. The summed E-state index contributed by atoms with van der Waals surface area (Å²) in [4.78, 5) is 27.4. The van der Waals surface area contributed by atoms with Crippen molar-refractivity contribution in [3.05, 3.63) is 93.9 Å². The summed E-state index contributed by atoms with van der Waals surface area (Å²) in [5.74, 6) is 0.373. The van der Waals surface area contributed by atoms with Crippen LogP contribution in [0.5, 0.6) is 11.5 Å². The first-order valence-corrected chi connectivity index (χ1v) is 12.7. The average molecular weight is 539 g/mol. The van der Waals surface area contributed by atoms with E-state index in [1.807, 2.05) is 30.3 Å². The molecule has 1 aliphatic rings. The molecule has 36 heavy (non-hydrogen) atoms. The van der Waals surface area contributed by atoms with Crippen LogP contribution >= 0.6 is 35.6 Å². The van der Waals surface area contributed by atoms with Crippen LogP contribution in [0.2, 0.25) is 5.02 Å². The van der Waals surface area contributed by atoms with Crippen LogP contribution in [0.4, 0.5) is 5.69 Å². The predicted molar refractivity (Wildman–Crippen MR) is 149 cm³/mol. The lowest BCUT2D eigenvalue weighted by molar-refractivity contribution is -0.122. The zero-order valence-electron chi connectivity index (χ0n) is 19.4. The minimum atomic E-state index is -0.353. The van der Waals surface area contributed by atoms with Gasteiger partial charge in [-0.25, -0.2) is 0 Å². The number of hydrogen-bond acceptors (Lipinski definition) is 6. The van der Waals surface area contributed by atoms with Gasteiger partial charge in [0, 0.05) is 6.54 Å². The number of nitrogens with one attached hydrogen (secondary N) is 1. The van der Waals surface area contributed by atoms with Crippen LogP contribution in [-0.4, -0.2) is 41.3 Å². The van der Waals surface area contributed by atoms with Crippen molar-refractivity contribution in [3.63, 3.8) is 0 Å². The van der Waals surface area contributed by atoms with Gasteiger partial charge in [0.1, 0.15) is 4.32 Å². The van der Waals surface area contributed by atoms with E-state index in [1.165, 1.54) is 18.9 Å². The number of amides is 2. The number of carbonyl (C=O) groups excluding carboxylic acids is 2. The van der Waals surface area contributed by atoms with Gasteiger partial charge in [-0.15, -0.1) is 0 Å². The highest BCUT2D eigenvalue weighted by Gasteiger charge is 2.31. The third kappa shape index (κ3) is 6.46. The summed E-state index contributed by atoms with van der Waals surface area (Å²) < 4.78 is 11.6.